The van der Waals surface area contributed by atoms with Gasteiger partial charge in [-0.15, -0.1) is 0 Å². The number of rotatable bonds is 2. The number of hydrogen-bond donors (Lipinski definition) is 0. The number of aryl methyl sites for hydroxylation is 1. The molecule has 13 heavy (non-hydrogen) atoms. The minimum atomic E-state index is 0.481. The van der Waals surface area contributed by atoms with Crippen molar-refractivity contribution in [2.24, 2.45) is 0 Å². The molecule has 0 amide bonds. The molecule has 0 spiro atoms. The Kier molecular flexibility index (Phi) is 6.11. The third kappa shape index (κ3) is 4.02. The number of nitrogens with zero attached hydrogens (tertiary/aromatic N) is 2. The number of hydrogen-bond acceptors (Lipinski definition) is 2. The van der Waals surface area contributed by atoms with Crippen LogP contribution >= 0.6 is 0 Å². The first-order valence-electron chi connectivity index (χ1n) is 5.03. The molecule has 0 radical (unpaired) electrons. The predicted molar refractivity (Wildman–Crippen MR) is 56.8 cm³/mol. The van der Waals surface area contributed by atoms with Crippen LogP contribution in [0.1, 0.15) is 51.6 Å². The van der Waals surface area contributed by atoms with Gasteiger partial charge in [0.25, 0.3) is 0 Å². The Morgan fingerprint density at radius 2 is 2.00 bits per heavy atom. The Balaban J connectivity index is 0.000000671. The Labute approximate surface area is 81.4 Å². The topological polar surface area (TPSA) is 25.8 Å². The molecule has 0 aliphatic rings. The normalized spacial score (nSPS) is 11.5. The summed E-state index contributed by atoms with van der Waals surface area (Å²) in [6.07, 6.45) is 2.92. The molecule has 1 unspecified atom stereocenters. The van der Waals surface area contributed by atoms with Crippen LogP contribution in [0, 0.1) is 6.92 Å². The van der Waals surface area contributed by atoms with E-state index in [0.717, 1.165) is 17.9 Å². The SMILES string of the molecule is CC.CCC(C)c1nccc(C)n1. The molecule has 0 N–H and O–H groups in total. The maximum absolute atomic E-state index is 4.33. The van der Waals surface area contributed by atoms with E-state index < -0.39 is 0 Å². The molecule has 1 rings (SSSR count). The Morgan fingerprint density at radius 1 is 1.38 bits per heavy atom. The van der Waals surface area contributed by atoms with Crippen LogP contribution < -0.4 is 0 Å². The standard InChI is InChI=1S/C9H14N2.C2H6/c1-4-7(2)9-10-6-5-8(3)11-9;1-2/h5-7H,4H2,1-3H3;1-2H3. The van der Waals surface area contributed by atoms with Crippen LogP contribution in [0.5, 0.6) is 0 Å². The van der Waals surface area contributed by atoms with E-state index >= 15 is 0 Å². The molecule has 0 saturated heterocycles. The Morgan fingerprint density at radius 3 is 2.46 bits per heavy atom. The van der Waals surface area contributed by atoms with E-state index in [0.29, 0.717) is 5.92 Å². The van der Waals surface area contributed by atoms with Crippen molar-refractivity contribution in [1.82, 2.24) is 9.97 Å². The van der Waals surface area contributed by atoms with E-state index in [4.69, 9.17) is 0 Å². The van der Waals surface area contributed by atoms with E-state index in [-0.39, 0.29) is 0 Å². The van der Waals surface area contributed by atoms with Gasteiger partial charge in [0, 0.05) is 17.8 Å². The highest BCUT2D eigenvalue weighted by molar-refractivity contribution is 5.02. The molecule has 74 valence electrons. The second-order valence-electron chi connectivity index (χ2n) is 2.87. The summed E-state index contributed by atoms with van der Waals surface area (Å²) in [6.45, 7) is 10.3. The highest BCUT2D eigenvalue weighted by atomic mass is 14.9. The van der Waals surface area contributed by atoms with Crippen LogP contribution in [0.3, 0.4) is 0 Å². The third-order valence-electron chi connectivity index (χ3n) is 1.87. The zero-order valence-electron chi connectivity index (χ0n) is 9.33. The first-order valence-corrected chi connectivity index (χ1v) is 5.03. The van der Waals surface area contributed by atoms with Crippen molar-refractivity contribution in [3.05, 3.63) is 23.8 Å². The number of aromatic nitrogens is 2. The van der Waals surface area contributed by atoms with E-state index in [1.165, 1.54) is 0 Å². The zero-order valence-corrected chi connectivity index (χ0v) is 9.33. The maximum Gasteiger partial charge on any atom is 0.131 e. The Bertz CT molecular complexity index is 233. The predicted octanol–water partition coefficient (Wildman–Crippen LogP) is 3.32. The lowest BCUT2D eigenvalue weighted by atomic mass is 10.1. The molecule has 0 fully saturated rings. The van der Waals surface area contributed by atoms with Gasteiger partial charge >= 0.3 is 0 Å². The average Bonchev–Trinajstić information content (AvgIpc) is 2.20. The minimum absolute atomic E-state index is 0.481. The molecule has 0 aliphatic carbocycles. The fraction of sp³-hybridized carbons (Fsp3) is 0.636. The van der Waals surface area contributed by atoms with E-state index in [1.54, 1.807) is 0 Å². The molecule has 0 saturated carbocycles. The summed E-state index contributed by atoms with van der Waals surface area (Å²) in [5.74, 6) is 1.45. The van der Waals surface area contributed by atoms with Crippen molar-refractivity contribution in [3.63, 3.8) is 0 Å². The van der Waals surface area contributed by atoms with E-state index in [2.05, 4.69) is 23.8 Å². The molecule has 1 aromatic heterocycles. The molecule has 0 bridgehead atoms. The van der Waals surface area contributed by atoms with Gasteiger partial charge < -0.3 is 0 Å². The van der Waals surface area contributed by atoms with Crippen molar-refractivity contribution in [2.75, 3.05) is 0 Å². The van der Waals surface area contributed by atoms with Crippen molar-refractivity contribution in [3.8, 4) is 0 Å². The summed E-state index contributed by atoms with van der Waals surface area (Å²) in [5, 5.41) is 0. The van der Waals surface area contributed by atoms with Crippen LogP contribution in [0.2, 0.25) is 0 Å². The molecular formula is C11H20N2. The zero-order chi connectivity index (χ0) is 10.3. The molecule has 1 aromatic rings. The lowest BCUT2D eigenvalue weighted by Gasteiger charge is -2.05. The second kappa shape index (κ2) is 6.58. The third-order valence-corrected chi connectivity index (χ3v) is 1.87. The quantitative estimate of drug-likeness (QED) is 0.697. The minimum Gasteiger partial charge on any atom is -0.241 e. The van der Waals surface area contributed by atoms with Gasteiger partial charge in [0.1, 0.15) is 5.82 Å². The van der Waals surface area contributed by atoms with Crippen LogP contribution in [0.15, 0.2) is 12.3 Å². The van der Waals surface area contributed by atoms with Gasteiger partial charge in [-0.1, -0.05) is 27.7 Å². The molecular weight excluding hydrogens is 160 g/mol. The van der Waals surface area contributed by atoms with Gasteiger partial charge in [-0.3, -0.25) is 0 Å². The molecule has 2 nitrogen and oxygen atoms in total. The average molecular weight is 180 g/mol. The molecule has 0 aliphatic heterocycles. The summed E-state index contributed by atoms with van der Waals surface area (Å²) >= 11 is 0. The van der Waals surface area contributed by atoms with Gasteiger partial charge in [-0.2, -0.15) is 0 Å². The molecule has 0 aromatic carbocycles. The van der Waals surface area contributed by atoms with Crippen LogP contribution in [0.25, 0.3) is 0 Å². The van der Waals surface area contributed by atoms with Crippen LogP contribution in [-0.2, 0) is 0 Å². The van der Waals surface area contributed by atoms with E-state index in [9.17, 15) is 0 Å². The Hall–Kier alpha value is -0.920. The summed E-state index contributed by atoms with van der Waals surface area (Å²) in [6, 6.07) is 1.92. The first-order chi connectivity index (χ1) is 6.24. The fourth-order valence-electron chi connectivity index (χ4n) is 0.888. The lowest BCUT2D eigenvalue weighted by molar-refractivity contribution is 0.674. The highest BCUT2D eigenvalue weighted by Gasteiger charge is 2.04. The molecule has 1 atom stereocenters. The highest BCUT2D eigenvalue weighted by Crippen LogP contribution is 2.12. The van der Waals surface area contributed by atoms with Crippen LogP contribution in [-0.4, -0.2) is 9.97 Å². The molecule has 1 heterocycles. The second-order valence-corrected chi connectivity index (χ2v) is 2.87. The van der Waals surface area contributed by atoms with Crippen LogP contribution in [0.4, 0.5) is 0 Å². The van der Waals surface area contributed by atoms with Gasteiger partial charge in [-0.25, -0.2) is 9.97 Å². The first kappa shape index (κ1) is 12.1. The van der Waals surface area contributed by atoms with Crippen molar-refractivity contribution in [2.45, 2.75) is 47.0 Å². The van der Waals surface area contributed by atoms with Gasteiger partial charge in [-0.05, 0) is 19.4 Å². The molecule has 2 heteroatoms. The monoisotopic (exact) mass is 180 g/mol. The maximum atomic E-state index is 4.33. The summed E-state index contributed by atoms with van der Waals surface area (Å²) in [4.78, 5) is 8.53. The smallest absolute Gasteiger partial charge is 0.131 e. The van der Waals surface area contributed by atoms with E-state index in [1.807, 2.05) is 33.0 Å². The van der Waals surface area contributed by atoms with Crippen molar-refractivity contribution < 1.29 is 0 Å². The van der Waals surface area contributed by atoms with Gasteiger partial charge in [0.2, 0.25) is 0 Å². The van der Waals surface area contributed by atoms with Gasteiger partial charge in [0.05, 0.1) is 0 Å². The summed E-state index contributed by atoms with van der Waals surface area (Å²) in [7, 11) is 0. The lowest BCUT2D eigenvalue weighted by Crippen LogP contribution is -1.99. The van der Waals surface area contributed by atoms with Gasteiger partial charge in [0.15, 0.2) is 0 Å². The van der Waals surface area contributed by atoms with Crippen molar-refractivity contribution >= 4 is 0 Å². The largest absolute Gasteiger partial charge is 0.241 e. The van der Waals surface area contributed by atoms with Crippen molar-refractivity contribution in [1.29, 1.82) is 0 Å². The summed E-state index contributed by atoms with van der Waals surface area (Å²) < 4.78 is 0. The fourth-order valence-corrected chi connectivity index (χ4v) is 0.888. The summed E-state index contributed by atoms with van der Waals surface area (Å²) in [5.41, 5.74) is 1.05.